The van der Waals surface area contributed by atoms with Crippen molar-refractivity contribution in [3.63, 3.8) is 0 Å². The molecule has 1 saturated carbocycles. The summed E-state index contributed by atoms with van der Waals surface area (Å²) >= 11 is 6.13. The summed E-state index contributed by atoms with van der Waals surface area (Å²) in [6, 6.07) is 4.02. The van der Waals surface area contributed by atoms with E-state index < -0.39 is 0 Å². The predicted octanol–water partition coefficient (Wildman–Crippen LogP) is 3.37. The molecule has 3 rings (SSSR count). The Morgan fingerprint density at radius 3 is 3.00 bits per heavy atom. The summed E-state index contributed by atoms with van der Waals surface area (Å²) in [5.74, 6) is 1.62. The highest BCUT2D eigenvalue weighted by Crippen LogP contribution is 2.36. The molecule has 98 valence electrons. The van der Waals surface area contributed by atoms with Gasteiger partial charge in [0.15, 0.2) is 0 Å². The monoisotopic (exact) mass is 266 g/mol. The van der Waals surface area contributed by atoms with Gasteiger partial charge in [-0.25, -0.2) is 0 Å². The number of rotatable bonds is 5. The van der Waals surface area contributed by atoms with Crippen LogP contribution in [0.15, 0.2) is 12.1 Å². The Labute approximate surface area is 113 Å². The van der Waals surface area contributed by atoms with Gasteiger partial charge in [-0.3, -0.25) is 0 Å². The van der Waals surface area contributed by atoms with Crippen LogP contribution in [0.4, 0.5) is 0 Å². The smallest absolute Gasteiger partial charge is 0.125 e. The number of ether oxygens (including phenoxy) is 1. The molecule has 2 nitrogen and oxygen atoms in total. The molecule has 1 fully saturated rings. The summed E-state index contributed by atoms with van der Waals surface area (Å²) in [6.45, 7) is 0.771. The van der Waals surface area contributed by atoms with E-state index in [0.29, 0.717) is 5.92 Å². The van der Waals surface area contributed by atoms with E-state index in [1.54, 1.807) is 0 Å². The van der Waals surface area contributed by atoms with Crippen molar-refractivity contribution in [2.75, 3.05) is 6.61 Å². The molecule has 1 N–H and O–H groups in total. The zero-order valence-corrected chi connectivity index (χ0v) is 11.2. The van der Waals surface area contributed by atoms with Crippen LogP contribution in [0.2, 0.25) is 5.02 Å². The number of halogens is 1. The van der Waals surface area contributed by atoms with E-state index in [-0.39, 0.29) is 6.10 Å². The van der Waals surface area contributed by atoms with Crippen molar-refractivity contribution < 1.29 is 9.84 Å². The van der Waals surface area contributed by atoms with Crippen LogP contribution in [0.3, 0.4) is 0 Å². The lowest BCUT2D eigenvalue weighted by atomic mass is 10.0. The molecular weight excluding hydrogens is 248 g/mol. The Balaban J connectivity index is 1.61. The van der Waals surface area contributed by atoms with Crippen LogP contribution in [-0.2, 0) is 12.8 Å². The maximum absolute atomic E-state index is 9.86. The average Bonchev–Trinajstić information content (AvgIpc) is 3.08. The summed E-state index contributed by atoms with van der Waals surface area (Å²) in [5, 5.41) is 10.7. The Hall–Kier alpha value is -0.730. The molecular formula is C15H19ClO2. The topological polar surface area (TPSA) is 29.5 Å². The fourth-order valence-electron chi connectivity index (χ4n) is 2.75. The van der Waals surface area contributed by atoms with E-state index in [1.807, 2.05) is 12.1 Å². The van der Waals surface area contributed by atoms with E-state index in [1.165, 1.54) is 24.0 Å². The van der Waals surface area contributed by atoms with Crippen molar-refractivity contribution >= 4 is 11.6 Å². The van der Waals surface area contributed by atoms with Gasteiger partial charge in [0, 0.05) is 11.4 Å². The second kappa shape index (κ2) is 5.10. The number of benzene rings is 1. The van der Waals surface area contributed by atoms with Gasteiger partial charge in [0.25, 0.3) is 0 Å². The summed E-state index contributed by atoms with van der Waals surface area (Å²) in [7, 11) is 0. The number of fused-ring (bicyclic) bond motifs is 1. The lowest BCUT2D eigenvalue weighted by Gasteiger charge is -2.11. The molecule has 0 amide bonds. The lowest BCUT2D eigenvalue weighted by molar-refractivity contribution is 0.139. The Bertz CT molecular complexity index is 440. The summed E-state index contributed by atoms with van der Waals surface area (Å²) < 4.78 is 5.68. The fourth-order valence-corrected chi connectivity index (χ4v) is 3.01. The quantitative estimate of drug-likeness (QED) is 0.885. The normalized spacial score (nSPS) is 19.4. The van der Waals surface area contributed by atoms with Gasteiger partial charge in [-0.2, -0.15) is 0 Å². The van der Waals surface area contributed by atoms with Crippen LogP contribution in [0.25, 0.3) is 0 Å². The van der Waals surface area contributed by atoms with Crippen LogP contribution in [0.5, 0.6) is 5.75 Å². The average molecular weight is 267 g/mol. The third-order valence-electron chi connectivity index (χ3n) is 3.94. The SMILES string of the molecule is OC(CCCc1cc(Cl)cc2c1OCC2)C1CC1. The van der Waals surface area contributed by atoms with Crippen LogP contribution in [0, 0.1) is 5.92 Å². The van der Waals surface area contributed by atoms with Gasteiger partial charge in [0.2, 0.25) is 0 Å². The molecule has 0 spiro atoms. The van der Waals surface area contributed by atoms with Crippen LogP contribution in [0.1, 0.15) is 36.8 Å². The Morgan fingerprint density at radius 2 is 2.22 bits per heavy atom. The van der Waals surface area contributed by atoms with E-state index in [2.05, 4.69) is 0 Å². The van der Waals surface area contributed by atoms with E-state index in [0.717, 1.165) is 43.1 Å². The molecule has 1 aliphatic heterocycles. The van der Waals surface area contributed by atoms with Crippen LogP contribution >= 0.6 is 11.6 Å². The van der Waals surface area contributed by atoms with Crippen molar-refractivity contribution in [3.8, 4) is 5.75 Å². The molecule has 0 saturated heterocycles. The number of aliphatic hydroxyl groups is 1. The second-order valence-corrected chi connectivity index (χ2v) is 5.89. The van der Waals surface area contributed by atoms with Crippen LogP contribution in [-0.4, -0.2) is 17.8 Å². The molecule has 1 aromatic rings. The summed E-state index contributed by atoms with van der Waals surface area (Å²) in [4.78, 5) is 0. The van der Waals surface area contributed by atoms with Gasteiger partial charge in [-0.05, 0) is 61.3 Å². The molecule has 1 atom stereocenters. The van der Waals surface area contributed by atoms with Crippen molar-refractivity contribution in [2.45, 2.75) is 44.6 Å². The highest BCUT2D eigenvalue weighted by molar-refractivity contribution is 6.30. The van der Waals surface area contributed by atoms with Crippen molar-refractivity contribution in [1.29, 1.82) is 0 Å². The molecule has 1 heterocycles. The van der Waals surface area contributed by atoms with E-state index in [9.17, 15) is 5.11 Å². The lowest BCUT2D eigenvalue weighted by Crippen LogP contribution is -2.09. The molecule has 0 aromatic heterocycles. The number of aliphatic hydroxyl groups excluding tert-OH is 1. The highest BCUT2D eigenvalue weighted by Gasteiger charge is 2.29. The molecule has 1 aromatic carbocycles. The Kier molecular flexibility index (Phi) is 3.49. The maximum atomic E-state index is 9.86. The minimum absolute atomic E-state index is 0.0989. The van der Waals surface area contributed by atoms with Crippen molar-refractivity contribution in [1.82, 2.24) is 0 Å². The van der Waals surface area contributed by atoms with E-state index in [4.69, 9.17) is 16.3 Å². The van der Waals surface area contributed by atoms with Gasteiger partial charge in [0.05, 0.1) is 12.7 Å². The first kappa shape index (κ1) is 12.3. The first-order valence-corrected chi connectivity index (χ1v) is 7.24. The number of aryl methyl sites for hydroxylation is 1. The standard InChI is InChI=1S/C15H19ClO2/c16-13-8-11(15-12(9-13)6-7-18-15)2-1-3-14(17)10-4-5-10/h8-10,14,17H,1-7H2. The molecule has 0 bridgehead atoms. The zero-order valence-electron chi connectivity index (χ0n) is 10.5. The largest absolute Gasteiger partial charge is 0.493 e. The molecule has 0 radical (unpaired) electrons. The van der Waals surface area contributed by atoms with Crippen molar-refractivity contribution in [2.24, 2.45) is 5.92 Å². The molecule has 1 unspecified atom stereocenters. The third kappa shape index (κ3) is 2.65. The van der Waals surface area contributed by atoms with Gasteiger partial charge in [-0.1, -0.05) is 11.6 Å². The Morgan fingerprint density at radius 1 is 1.39 bits per heavy atom. The first-order valence-electron chi connectivity index (χ1n) is 6.86. The third-order valence-corrected chi connectivity index (χ3v) is 4.16. The number of hydrogen-bond donors (Lipinski definition) is 1. The van der Waals surface area contributed by atoms with Gasteiger partial charge >= 0.3 is 0 Å². The maximum Gasteiger partial charge on any atom is 0.125 e. The van der Waals surface area contributed by atoms with Gasteiger partial charge < -0.3 is 9.84 Å². The first-order chi connectivity index (χ1) is 8.74. The molecule has 1 aliphatic carbocycles. The van der Waals surface area contributed by atoms with Gasteiger partial charge in [-0.15, -0.1) is 0 Å². The molecule has 18 heavy (non-hydrogen) atoms. The minimum atomic E-state index is -0.0989. The number of hydrogen-bond acceptors (Lipinski definition) is 2. The summed E-state index contributed by atoms with van der Waals surface area (Å²) in [6.07, 6.45) is 6.13. The summed E-state index contributed by atoms with van der Waals surface area (Å²) in [5.41, 5.74) is 2.44. The predicted molar refractivity (Wildman–Crippen MR) is 72.3 cm³/mol. The molecule has 3 heteroatoms. The minimum Gasteiger partial charge on any atom is -0.493 e. The van der Waals surface area contributed by atoms with Crippen LogP contribution < -0.4 is 4.74 Å². The second-order valence-electron chi connectivity index (χ2n) is 5.45. The van der Waals surface area contributed by atoms with Gasteiger partial charge in [0.1, 0.15) is 5.75 Å². The highest BCUT2D eigenvalue weighted by atomic mass is 35.5. The van der Waals surface area contributed by atoms with E-state index >= 15 is 0 Å². The molecule has 2 aliphatic rings. The fraction of sp³-hybridized carbons (Fsp3) is 0.600. The zero-order chi connectivity index (χ0) is 12.5. The van der Waals surface area contributed by atoms with Crippen molar-refractivity contribution in [3.05, 3.63) is 28.3 Å².